The molecule has 2 rings (SSSR count). The summed E-state index contributed by atoms with van der Waals surface area (Å²) < 4.78 is 5.83. The summed E-state index contributed by atoms with van der Waals surface area (Å²) in [6.45, 7) is 6.46. The molecule has 0 aliphatic heterocycles. The minimum absolute atomic E-state index is 0.0283. The van der Waals surface area contributed by atoms with Crippen molar-refractivity contribution in [2.75, 3.05) is 0 Å². The SMILES string of the molecule is CC(C)(C)c1cccc(Oc2ccc(CO)cc2Cl)c1. The first kappa shape index (κ1) is 14.9. The first-order chi connectivity index (χ1) is 9.40. The van der Waals surface area contributed by atoms with E-state index < -0.39 is 0 Å². The Kier molecular flexibility index (Phi) is 4.36. The van der Waals surface area contributed by atoms with Crippen LogP contribution in [-0.4, -0.2) is 5.11 Å². The van der Waals surface area contributed by atoms with E-state index in [-0.39, 0.29) is 12.0 Å². The summed E-state index contributed by atoms with van der Waals surface area (Å²) in [6, 6.07) is 13.3. The number of benzene rings is 2. The van der Waals surface area contributed by atoms with Crippen molar-refractivity contribution in [3.05, 3.63) is 58.6 Å². The zero-order valence-corrected chi connectivity index (χ0v) is 12.7. The molecule has 20 heavy (non-hydrogen) atoms. The Balaban J connectivity index is 2.26. The van der Waals surface area contributed by atoms with Gasteiger partial charge in [0.2, 0.25) is 0 Å². The summed E-state index contributed by atoms with van der Waals surface area (Å²) in [5.41, 5.74) is 2.05. The van der Waals surface area contributed by atoms with Gasteiger partial charge in [0.15, 0.2) is 0 Å². The maximum Gasteiger partial charge on any atom is 0.146 e. The van der Waals surface area contributed by atoms with Gasteiger partial charge in [0.25, 0.3) is 0 Å². The molecule has 0 unspecified atom stereocenters. The molecule has 2 aromatic carbocycles. The van der Waals surface area contributed by atoms with Gasteiger partial charge in [-0.1, -0.05) is 50.6 Å². The van der Waals surface area contributed by atoms with Crippen LogP contribution in [0.2, 0.25) is 5.02 Å². The van der Waals surface area contributed by atoms with Crippen LogP contribution in [0.1, 0.15) is 31.9 Å². The normalized spacial score (nSPS) is 11.4. The highest BCUT2D eigenvalue weighted by atomic mass is 35.5. The summed E-state index contributed by atoms with van der Waals surface area (Å²) in [7, 11) is 0. The molecule has 0 heterocycles. The maximum absolute atomic E-state index is 9.07. The molecule has 0 aromatic heterocycles. The van der Waals surface area contributed by atoms with Gasteiger partial charge in [0.1, 0.15) is 11.5 Å². The quantitative estimate of drug-likeness (QED) is 0.869. The van der Waals surface area contributed by atoms with E-state index in [1.807, 2.05) is 18.2 Å². The smallest absolute Gasteiger partial charge is 0.146 e. The van der Waals surface area contributed by atoms with Gasteiger partial charge in [0, 0.05) is 0 Å². The predicted molar refractivity (Wildman–Crippen MR) is 82.6 cm³/mol. The van der Waals surface area contributed by atoms with E-state index in [1.54, 1.807) is 18.2 Å². The molecule has 3 heteroatoms. The monoisotopic (exact) mass is 290 g/mol. The standard InChI is InChI=1S/C17H19ClO2/c1-17(2,3)13-5-4-6-14(10-13)20-16-8-7-12(11-19)9-15(16)18/h4-10,19H,11H2,1-3H3. The van der Waals surface area contributed by atoms with Crippen LogP contribution < -0.4 is 4.74 Å². The fourth-order valence-electron chi connectivity index (χ4n) is 1.88. The highest BCUT2D eigenvalue weighted by molar-refractivity contribution is 6.32. The first-order valence-corrected chi connectivity index (χ1v) is 6.95. The van der Waals surface area contributed by atoms with Crippen LogP contribution in [0.25, 0.3) is 0 Å². The molecule has 106 valence electrons. The summed E-state index contributed by atoms with van der Waals surface area (Å²) in [4.78, 5) is 0. The first-order valence-electron chi connectivity index (χ1n) is 6.58. The molecular weight excluding hydrogens is 272 g/mol. The molecule has 0 aliphatic rings. The highest BCUT2D eigenvalue weighted by Crippen LogP contribution is 2.32. The van der Waals surface area contributed by atoms with Crippen molar-refractivity contribution in [3.8, 4) is 11.5 Å². The summed E-state index contributed by atoms with van der Waals surface area (Å²) in [6.07, 6.45) is 0. The van der Waals surface area contributed by atoms with E-state index in [2.05, 4.69) is 26.8 Å². The lowest BCUT2D eigenvalue weighted by Crippen LogP contribution is -2.10. The second-order valence-corrected chi connectivity index (χ2v) is 6.21. The highest BCUT2D eigenvalue weighted by Gasteiger charge is 2.14. The molecule has 0 radical (unpaired) electrons. The molecule has 0 fully saturated rings. The average molecular weight is 291 g/mol. The van der Waals surface area contributed by atoms with Gasteiger partial charge in [-0.25, -0.2) is 0 Å². The molecule has 2 aromatic rings. The van der Waals surface area contributed by atoms with Gasteiger partial charge in [-0.3, -0.25) is 0 Å². The van der Waals surface area contributed by atoms with Crippen LogP contribution in [0.4, 0.5) is 0 Å². The largest absolute Gasteiger partial charge is 0.456 e. The minimum Gasteiger partial charge on any atom is -0.456 e. The van der Waals surface area contributed by atoms with Crippen LogP contribution in [0.3, 0.4) is 0 Å². The Morgan fingerprint density at radius 3 is 2.45 bits per heavy atom. The van der Waals surface area contributed by atoms with Gasteiger partial charge >= 0.3 is 0 Å². The van der Waals surface area contributed by atoms with E-state index in [1.165, 1.54) is 5.56 Å². The average Bonchev–Trinajstić information content (AvgIpc) is 2.40. The van der Waals surface area contributed by atoms with Crippen LogP contribution >= 0.6 is 11.6 Å². The third-order valence-electron chi connectivity index (χ3n) is 3.11. The van der Waals surface area contributed by atoms with E-state index in [4.69, 9.17) is 21.4 Å². The van der Waals surface area contributed by atoms with E-state index in [9.17, 15) is 0 Å². The van der Waals surface area contributed by atoms with E-state index in [0.29, 0.717) is 10.8 Å². The molecule has 0 atom stereocenters. The van der Waals surface area contributed by atoms with Crippen molar-refractivity contribution in [1.29, 1.82) is 0 Å². The van der Waals surface area contributed by atoms with Crippen molar-refractivity contribution in [2.45, 2.75) is 32.8 Å². The Bertz CT molecular complexity index is 600. The Labute approximate surface area is 125 Å². The minimum atomic E-state index is -0.0283. The third kappa shape index (κ3) is 3.53. The third-order valence-corrected chi connectivity index (χ3v) is 3.40. The molecule has 0 saturated carbocycles. The number of ether oxygens (including phenoxy) is 1. The number of aliphatic hydroxyl groups excluding tert-OH is 1. The van der Waals surface area contributed by atoms with Crippen LogP contribution in [0.5, 0.6) is 11.5 Å². The van der Waals surface area contributed by atoms with Crippen molar-refractivity contribution < 1.29 is 9.84 Å². The number of hydrogen-bond donors (Lipinski definition) is 1. The van der Waals surface area contributed by atoms with Gasteiger partial charge in [0.05, 0.1) is 11.6 Å². The number of rotatable bonds is 3. The lowest BCUT2D eigenvalue weighted by atomic mass is 9.87. The molecule has 1 N–H and O–H groups in total. The molecule has 0 saturated heterocycles. The van der Waals surface area contributed by atoms with Gasteiger partial charge in [-0.15, -0.1) is 0 Å². The topological polar surface area (TPSA) is 29.5 Å². The fourth-order valence-corrected chi connectivity index (χ4v) is 2.12. The van der Waals surface area contributed by atoms with Gasteiger partial charge in [-0.05, 0) is 40.8 Å². The van der Waals surface area contributed by atoms with Crippen molar-refractivity contribution in [1.82, 2.24) is 0 Å². The second-order valence-electron chi connectivity index (χ2n) is 5.80. The van der Waals surface area contributed by atoms with Crippen LogP contribution in [0.15, 0.2) is 42.5 Å². The summed E-state index contributed by atoms with van der Waals surface area (Å²) >= 11 is 6.15. The Hall–Kier alpha value is -1.51. The maximum atomic E-state index is 9.07. The number of aliphatic hydroxyl groups is 1. The Morgan fingerprint density at radius 1 is 1.10 bits per heavy atom. The molecule has 0 amide bonds. The molecule has 0 bridgehead atoms. The van der Waals surface area contributed by atoms with E-state index >= 15 is 0 Å². The Morgan fingerprint density at radius 2 is 1.85 bits per heavy atom. The van der Waals surface area contributed by atoms with Gasteiger partial charge in [-0.2, -0.15) is 0 Å². The lowest BCUT2D eigenvalue weighted by molar-refractivity contribution is 0.281. The summed E-state index contributed by atoms with van der Waals surface area (Å²) in [5, 5.41) is 9.57. The molecule has 0 spiro atoms. The molecular formula is C17H19ClO2. The summed E-state index contributed by atoms with van der Waals surface area (Å²) in [5.74, 6) is 1.35. The number of halogens is 1. The fraction of sp³-hybridized carbons (Fsp3) is 0.294. The van der Waals surface area contributed by atoms with Crippen molar-refractivity contribution >= 4 is 11.6 Å². The lowest BCUT2D eigenvalue weighted by Gasteiger charge is -2.19. The van der Waals surface area contributed by atoms with Crippen molar-refractivity contribution in [3.63, 3.8) is 0 Å². The van der Waals surface area contributed by atoms with Crippen molar-refractivity contribution in [2.24, 2.45) is 0 Å². The van der Waals surface area contributed by atoms with E-state index in [0.717, 1.165) is 11.3 Å². The zero-order chi connectivity index (χ0) is 14.8. The predicted octanol–water partition coefficient (Wildman–Crippen LogP) is 4.92. The second kappa shape index (κ2) is 5.86. The van der Waals surface area contributed by atoms with Gasteiger partial charge < -0.3 is 9.84 Å². The van der Waals surface area contributed by atoms with Crippen LogP contribution in [0, 0.1) is 0 Å². The molecule has 2 nitrogen and oxygen atoms in total. The number of hydrogen-bond acceptors (Lipinski definition) is 2. The molecule has 0 aliphatic carbocycles. The van der Waals surface area contributed by atoms with Crippen LogP contribution in [-0.2, 0) is 12.0 Å². The zero-order valence-electron chi connectivity index (χ0n) is 12.0.